The first-order valence-electron chi connectivity index (χ1n) is 6.45. The molecule has 1 nitrogen and oxygen atoms in total. The van der Waals surface area contributed by atoms with E-state index in [1.165, 1.54) is 17.7 Å². The van der Waals surface area contributed by atoms with Crippen LogP contribution in [0.3, 0.4) is 0 Å². The number of hydrogen-bond acceptors (Lipinski definition) is 1. The Morgan fingerprint density at radius 3 is 2.21 bits per heavy atom. The molecule has 2 N–H and O–H groups in total. The molecule has 2 heteroatoms. The van der Waals surface area contributed by atoms with E-state index < -0.39 is 5.54 Å². The van der Waals surface area contributed by atoms with Gasteiger partial charge in [-0.25, -0.2) is 4.39 Å². The average molecular weight is 257 g/mol. The van der Waals surface area contributed by atoms with E-state index in [0.29, 0.717) is 0 Å². The Kier molecular flexibility index (Phi) is 3.46. The second-order valence-corrected chi connectivity index (χ2v) is 5.48. The third-order valence-electron chi connectivity index (χ3n) is 3.70. The maximum atomic E-state index is 13.2. The SMILES string of the molecule is Cc1ccc(C)c(C(C)(N)c2ccc(F)cc2C)c1. The maximum Gasteiger partial charge on any atom is 0.123 e. The van der Waals surface area contributed by atoms with Crippen molar-refractivity contribution in [1.82, 2.24) is 0 Å². The number of halogens is 1. The number of aryl methyl sites for hydroxylation is 3. The summed E-state index contributed by atoms with van der Waals surface area (Å²) in [6.07, 6.45) is 0. The molecule has 0 aliphatic rings. The van der Waals surface area contributed by atoms with Crippen LogP contribution in [0.2, 0.25) is 0 Å². The highest BCUT2D eigenvalue weighted by Gasteiger charge is 2.27. The van der Waals surface area contributed by atoms with Gasteiger partial charge in [-0.3, -0.25) is 0 Å². The van der Waals surface area contributed by atoms with Gasteiger partial charge in [-0.2, -0.15) is 0 Å². The minimum Gasteiger partial charge on any atom is -0.318 e. The van der Waals surface area contributed by atoms with Crippen LogP contribution in [0, 0.1) is 26.6 Å². The molecule has 0 spiro atoms. The fourth-order valence-corrected chi connectivity index (χ4v) is 2.65. The van der Waals surface area contributed by atoms with Crippen molar-refractivity contribution in [1.29, 1.82) is 0 Å². The molecule has 0 radical (unpaired) electrons. The smallest absolute Gasteiger partial charge is 0.123 e. The summed E-state index contributed by atoms with van der Waals surface area (Å²) in [7, 11) is 0. The van der Waals surface area contributed by atoms with Crippen LogP contribution in [0.1, 0.15) is 34.7 Å². The zero-order valence-electron chi connectivity index (χ0n) is 11.9. The van der Waals surface area contributed by atoms with Gasteiger partial charge in [0.15, 0.2) is 0 Å². The van der Waals surface area contributed by atoms with Gasteiger partial charge in [0, 0.05) is 0 Å². The van der Waals surface area contributed by atoms with E-state index in [4.69, 9.17) is 5.73 Å². The zero-order chi connectivity index (χ0) is 14.2. The van der Waals surface area contributed by atoms with Gasteiger partial charge in [0.2, 0.25) is 0 Å². The van der Waals surface area contributed by atoms with Gasteiger partial charge in [-0.15, -0.1) is 0 Å². The van der Waals surface area contributed by atoms with Crippen molar-refractivity contribution >= 4 is 0 Å². The lowest BCUT2D eigenvalue weighted by molar-refractivity contribution is 0.584. The van der Waals surface area contributed by atoms with E-state index in [1.54, 1.807) is 6.07 Å². The van der Waals surface area contributed by atoms with E-state index in [1.807, 2.05) is 13.8 Å². The van der Waals surface area contributed by atoms with Crippen LogP contribution in [0.5, 0.6) is 0 Å². The molecular formula is C17H20FN. The summed E-state index contributed by atoms with van der Waals surface area (Å²) < 4.78 is 13.2. The first-order valence-corrected chi connectivity index (χ1v) is 6.45. The Labute approximate surface area is 114 Å². The fraction of sp³-hybridized carbons (Fsp3) is 0.294. The van der Waals surface area contributed by atoms with E-state index in [9.17, 15) is 4.39 Å². The van der Waals surface area contributed by atoms with E-state index >= 15 is 0 Å². The van der Waals surface area contributed by atoms with Gasteiger partial charge in [0.25, 0.3) is 0 Å². The predicted molar refractivity (Wildman–Crippen MR) is 77.7 cm³/mol. The van der Waals surface area contributed by atoms with Crippen molar-refractivity contribution < 1.29 is 4.39 Å². The van der Waals surface area contributed by atoms with E-state index in [0.717, 1.165) is 22.3 Å². The molecule has 0 bridgehead atoms. The van der Waals surface area contributed by atoms with Gasteiger partial charge < -0.3 is 5.73 Å². The van der Waals surface area contributed by atoms with Crippen LogP contribution in [0.4, 0.5) is 4.39 Å². The highest BCUT2D eigenvalue weighted by Crippen LogP contribution is 2.31. The van der Waals surface area contributed by atoms with Crippen LogP contribution in [0.25, 0.3) is 0 Å². The van der Waals surface area contributed by atoms with Crippen LogP contribution in [-0.2, 0) is 5.54 Å². The number of nitrogens with two attached hydrogens (primary N) is 1. The minimum absolute atomic E-state index is 0.224. The fourth-order valence-electron chi connectivity index (χ4n) is 2.65. The lowest BCUT2D eigenvalue weighted by Crippen LogP contribution is -2.36. The molecule has 2 aromatic carbocycles. The predicted octanol–water partition coefficient (Wildman–Crippen LogP) is 3.97. The van der Waals surface area contributed by atoms with Crippen molar-refractivity contribution in [3.05, 3.63) is 70.0 Å². The molecule has 100 valence electrons. The molecule has 0 aliphatic heterocycles. The van der Waals surface area contributed by atoms with Crippen molar-refractivity contribution in [2.24, 2.45) is 5.73 Å². The Morgan fingerprint density at radius 1 is 0.895 bits per heavy atom. The largest absolute Gasteiger partial charge is 0.318 e. The topological polar surface area (TPSA) is 26.0 Å². The molecule has 2 aromatic rings. The number of rotatable bonds is 2. The molecule has 0 saturated carbocycles. The van der Waals surface area contributed by atoms with E-state index in [-0.39, 0.29) is 5.82 Å². The molecule has 0 amide bonds. The summed E-state index contributed by atoms with van der Waals surface area (Å²) in [5, 5.41) is 0. The molecule has 2 rings (SSSR count). The molecule has 19 heavy (non-hydrogen) atoms. The molecule has 0 fully saturated rings. The monoisotopic (exact) mass is 257 g/mol. The number of hydrogen-bond donors (Lipinski definition) is 1. The lowest BCUT2D eigenvalue weighted by Gasteiger charge is -2.29. The molecule has 0 aromatic heterocycles. The average Bonchev–Trinajstić information content (AvgIpc) is 2.31. The Morgan fingerprint density at radius 2 is 1.58 bits per heavy atom. The van der Waals surface area contributed by atoms with E-state index in [2.05, 4.69) is 32.0 Å². The molecule has 1 unspecified atom stereocenters. The number of benzene rings is 2. The van der Waals surface area contributed by atoms with Crippen LogP contribution >= 0.6 is 0 Å². The summed E-state index contributed by atoms with van der Waals surface area (Å²) in [4.78, 5) is 0. The van der Waals surface area contributed by atoms with Crippen molar-refractivity contribution in [3.63, 3.8) is 0 Å². The Bertz CT molecular complexity index is 615. The standard InChI is InChI=1S/C17H20FN/c1-11-5-6-12(2)16(9-11)17(4,19)15-8-7-14(18)10-13(15)3/h5-10H,19H2,1-4H3. The summed E-state index contributed by atoms with van der Waals surface area (Å²) in [6, 6.07) is 11.1. The summed E-state index contributed by atoms with van der Waals surface area (Å²) in [5.74, 6) is -0.224. The Hall–Kier alpha value is -1.67. The van der Waals surface area contributed by atoms with Crippen molar-refractivity contribution in [3.8, 4) is 0 Å². The summed E-state index contributed by atoms with van der Waals surface area (Å²) >= 11 is 0. The molecule has 0 aliphatic carbocycles. The van der Waals surface area contributed by atoms with Crippen LogP contribution in [-0.4, -0.2) is 0 Å². The normalized spacial score (nSPS) is 14.2. The molecular weight excluding hydrogens is 237 g/mol. The molecule has 0 heterocycles. The van der Waals surface area contributed by atoms with Crippen molar-refractivity contribution in [2.45, 2.75) is 33.2 Å². The second-order valence-electron chi connectivity index (χ2n) is 5.48. The summed E-state index contributed by atoms with van der Waals surface area (Å²) in [5.41, 5.74) is 11.2. The quantitative estimate of drug-likeness (QED) is 0.865. The van der Waals surface area contributed by atoms with Crippen molar-refractivity contribution in [2.75, 3.05) is 0 Å². The highest BCUT2D eigenvalue weighted by atomic mass is 19.1. The van der Waals surface area contributed by atoms with Crippen LogP contribution < -0.4 is 5.73 Å². The zero-order valence-corrected chi connectivity index (χ0v) is 11.9. The second kappa shape index (κ2) is 4.78. The molecule has 1 atom stereocenters. The third kappa shape index (κ3) is 2.54. The molecule has 0 saturated heterocycles. The van der Waals surface area contributed by atoms with Gasteiger partial charge >= 0.3 is 0 Å². The van der Waals surface area contributed by atoms with Gasteiger partial charge in [0.05, 0.1) is 5.54 Å². The first-order chi connectivity index (χ1) is 8.82. The summed E-state index contributed by atoms with van der Waals surface area (Å²) in [6.45, 7) is 7.99. The van der Waals surface area contributed by atoms with Crippen LogP contribution in [0.15, 0.2) is 36.4 Å². The Balaban J connectivity index is 2.61. The first kappa shape index (κ1) is 13.8. The maximum absolute atomic E-state index is 13.2. The minimum atomic E-state index is -0.617. The third-order valence-corrected chi connectivity index (χ3v) is 3.70. The van der Waals surface area contributed by atoms with Gasteiger partial charge in [0.1, 0.15) is 5.82 Å². The van der Waals surface area contributed by atoms with Gasteiger partial charge in [-0.05, 0) is 62.1 Å². The highest BCUT2D eigenvalue weighted by molar-refractivity contribution is 5.45. The van der Waals surface area contributed by atoms with Gasteiger partial charge in [-0.1, -0.05) is 29.8 Å². The lowest BCUT2D eigenvalue weighted by atomic mass is 9.80.